The third-order valence-corrected chi connectivity index (χ3v) is 0. The molecule has 0 spiro atoms. The van der Waals surface area contributed by atoms with Crippen LogP contribution < -0.4 is 0 Å². The van der Waals surface area contributed by atoms with Crippen molar-refractivity contribution in [2.24, 2.45) is 0 Å². The minimum absolute atomic E-state index is 0. The molecule has 0 amide bonds. The van der Waals surface area contributed by atoms with Gasteiger partial charge in [-0.3, -0.25) is 0 Å². The topological polar surface area (TPSA) is 0 Å². The van der Waals surface area contributed by atoms with Crippen LogP contribution in [0.3, 0.4) is 0 Å². The second kappa shape index (κ2) is 9.46. The SMILES string of the molecule is [CH2-]C[CH2-].[Rh+2]. The molecular formula is C3H6Rh. The van der Waals surface area contributed by atoms with Gasteiger partial charge in [0.1, 0.15) is 0 Å². The summed E-state index contributed by atoms with van der Waals surface area (Å²) < 4.78 is 0. The van der Waals surface area contributed by atoms with Crippen molar-refractivity contribution in [3.63, 3.8) is 0 Å². The molecule has 0 saturated carbocycles. The Kier molecular flexibility index (Phi) is 20.9. The van der Waals surface area contributed by atoms with E-state index in [0.717, 1.165) is 6.42 Å². The summed E-state index contributed by atoms with van der Waals surface area (Å²) in [6.45, 7) is 6.75. The molecule has 27 valence electrons. The van der Waals surface area contributed by atoms with Crippen LogP contribution in [0.15, 0.2) is 0 Å². The first-order chi connectivity index (χ1) is 1.41. The fourth-order valence-corrected chi connectivity index (χ4v) is 0. The van der Waals surface area contributed by atoms with Crippen LogP contribution in [0.5, 0.6) is 0 Å². The van der Waals surface area contributed by atoms with Gasteiger partial charge in [-0.05, 0) is 0 Å². The Balaban J connectivity index is 0. The maximum atomic E-state index is 3.38. The van der Waals surface area contributed by atoms with Gasteiger partial charge in [-0.1, -0.05) is 0 Å². The first-order valence-corrected chi connectivity index (χ1v) is 1.000. The van der Waals surface area contributed by atoms with Gasteiger partial charge in [0.2, 0.25) is 0 Å². The molecule has 0 rings (SSSR count). The van der Waals surface area contributed by atoms with E-state index in [1.54, 1.807) is 0 Å². The maximum absolute atomic E-state index is 3.38. The van der Waals surface area contributed by atoms with Crippen LogP contribution in [0.2, 0.25) is 0 Å². The zero-order valence-corrected chi connectivity index (χ0v) is 4.09. The molecule has 1 heteroatoms. The van der Waals surface area contributed by atoms with E-state index in [9.17, 15) is 0 Å². The van der Waals surface area contributed by atoms with Gasteiger partial charge in [0.05, 0.1) is 0 Å². The summed E-state index contributed by atoms with van der Waals surface area (Å²) >= 11 is 0. The fourth-order valence-electron chi connectivity index (χ4n) is 0. The molecule has 0 aliphatic rings. The molecule has 0 aliphatic carbocycles. The maximum Gasteiger partial charge on any atom is 2.00 e. The summed E-state index contributed by atoms with van der Waals surface area (Å²) in [6, 6.07) is 0. The van der Waals surface area contributed by atoms with E-state index in [-0.39, 0.29) is 19.5 Å². The molecule has 0 saturated heterocycles. The summed E-state index contributed by atoms with van der Waals surface area (Å²) in [6.07, 6.45) is 0.750. The smallest absolute Gasteiger partial charge is 0.372 e. The summed E-state index contributed by atoms with van der Waals surface area (Å²) in [5.41, 5.74) is 0. The van der Waals surface area contributed by atoms with Crippen LogP contribution in [-0.2, 0) is 19.5 Å². The first-order valence-electron chi connectivity index (χ1n) is 1.000. The Morgan fingerprint density at radius 1 is 1.25 bits per heavy atom. The molecule has 0 heterocycles. The van der Waals surface area contributed by atoms with E-state index >= 15 is 0 Å². The fraction of sp³-hybridized carbons (Fsp3) is 0.333. The van der Waals surface area contributed by atoms with E-state index < -0.39 is 0 Å². The average molecular weight is 145 g/mol. The molecule has 0 aliphatic heterocycles. The van der Waals surface area contributed by atoms with Gasteiger partial charge in [-0.2, -0.15) is 0 Å². The summed E-state index contributed by atoms with van der Waals surface area (Å²) in [5, 5.41) is 0. The normalized spacial score (nSPS) is 4.50. The summed E-state index contributed by atoms with van der Waals surface area (Å²) in [5.74, 6) is 0. The van der Waals surface area contributed by atoms with E-state index in [1.807, 2.05) is 0 Å². The molecule has 0 N–H and O–H groups in total. The third kappa shape index (κ3) is 17.8. The molecule has 0 aromatic heterocycles. The van der Waals surface area contributed by atoms with Crippen LogP contribution in [-0.4, -0.2) is 0 Å². The Hall–Kier alpha value is 0.623. The van der Waals surface area contributed by atoms with Gasteiger partial charge in [0.15, 0.2) is 0 Å². The third-order valence-electron chi connectivity index (χ3n) is 0. The molecular weight excluding hydrogens is 139 g/mol. The minimum Gasteiger partial charge on any atom is -0.372 e. The Morgan fingerprint density at radius 2 is 1.25 bits per heavy atom. The quantitative estimate of drug-likeness (QED) is 0.353. The van der Waals surface area contributed by atoms with E-state index in [0.29, 0.717) is 0 Å². The standard InChI is InChI=1S/C3H6.Rh/c1-3-2;/h1-3H2;/q-2;+2. The first kappa shape index (κ1) is 8.82. The van der Waals surface area contributed by atoms with E-state index in [4.69, 9.17) is 0 Å². The van der Waals surface area contributed by atoms with Crippen molar-refractivity contribution >= 4 is 0 Å². The van der Waals surface area contributed by atoms with Crippen LogP contribution in [0.25, 0.3) is 0 Å². The van der Waals surface area contributed by atoms with Crippen molar-refractivity contribution in [2.45, 2.75) is 6.42 Å². The second-order valence-corrected chi connectivity index (χ2v) is 0.354. The molecule has 4 heavy (non-hydrogen) atoms. The van der Waals surface area contributed by atoms with Crippen LogP contribution >= 0.6 is 0 Å². The molecule has 0 atom stereocenters. The van der Waals surface area contributed by atoms with Gasteiger partial charge < -0.3 is 20.3 Å². The zero-order chi connectivity index (χ0) is 2.71. The predicted octanol–water partition coefficient (Wildman–Crippen LogP) is 1.04. The van der Waals surface area contributed by atoms with Gasteiger partial charge >= 0.3 is 19.5 Å². The molecule has 0 aromatic carbocycles. The second-order valence-electron chi connectivity index (χ2n) is 0.354. The van der Waals surface area contributed by atoms with Gasteiger partial charge in [0, 0.05) is 0 Å². The average Bonchev–Trinajstić information content (AvgIpc) is 0.918. The van der Waals surface area contributed by atoms with Crippen molar-refractivity contribution in [3.05, 3.63) is 13.8 Å². The molecule has 1 radical (unpaired) electrons. The van der Waals surface area contributed by atoms with Crippen LogP contribution in [0, 0.1) is 13.8 Å². The minimum atomic E-state index is 0. The van der Waals surface area contributed by atoms with Crippen LogP contribution in [0.4, 0.5) is 0 Å². The van der Waals surface area contributed by atoms with E-state index in [2.05, 4.69) is 13.8 Å². The number of hydrogen-bond donors (Lipinski definition) is 0. The van der Waals surface area contributed by atoms with Crippen molar-refractivity contribution in [3.8, 4) is 0 Å². The zero-order valence-electron chi connectivity index (χ0n) is 2.45. The van der Waals surface area contributed by atoms with Crippen molar-refractivity contribution in [2.75, 3.05) is 0 Å². The van der Waals surface area contributed by atoms with E-state index in [1.165, 1.54) is 0 Å². The number of hydrogen-bond acceptors (Lipinski definition) is 0. The predicted molar refractivity (Wildman–Crippen MR) is 15.3 cm³/mol. The van der Waals surface area contributed by atoms with Crippen molar-refractivity contribution < 1.29 is 19.5 Å². The largest absolute Gasteiger partial charge is 2.00 e. The molecule has 0 unspecified atom stereocenters. The van der Waals surface area contributed by atoms with Gasteiger partial charge in [0.25, 0.3) is 0 Å². The van der Waals surface area contributed by atoms with Gasteiger partial charge in [-0.15, -0.1) is 0 Å². The Bertz CT molecular complexity index is 3.25. The monoisotopic (exact) mass is 145 g/mol. The summed E-state index contributed by atoms with van der Waals surface area (Å²) in [4.78, 5) is 0. The Labute approximate surface area is 40.4 Å². The molecule has 0 bridgehead atoms. The number of rotatable bonds is 0. The van der Waals surface area contributed by atoms with Crippen molar-refractivity contribution in [1.82, 2.24) is 0 Å². The van der Waals surface area contributed by atoms with Crippen molar-refractivity contribution in [1.29, 1.82) is 0 Å². The molecule has 0 nitrogen and oxygen atoms in total. The van der Waals surface area contributed by atoms with Gasteiger partial charge in [-0.25, -0.2) is 0 Å². The summed E-state index contributed by atoms with van der Waals surface area (Å²) in [7, 11) is 0. The Morgan fingerprint density at radius 3 is 1.25 bits per heavy atom. The van der Waals surface area contributed by atoms with Crippen LogP contribution in [0.1, 0.15) is 6.42 Å². The molecule has 0 fully saturated rings. The molecule has 0 aromatic rings.